The van der Waals surface area contributed by atoms with Gasteiger partial charge in [0.25, 0.3) is 0 Å². The standard InChI is InChI=1S/C19H30O/c1-3-14-20-19-9-5-8-18(15-19)7-4-6-17-12-10-16(2)11-13-17/h5,8-9,15-17H,3-4,6-7,10-14H2,1-2H3. The van der Waals surface area contributed by atoms with Gasteiger partial charge in [-0.1, -0.05) is 58.1 Å². The fourth-order valence-electron chi connectivity index (χ4n) is 3.22. The van der Waals surface area contributed by atoms with Crippen molar-refractivity contribution in [3.63, 3.8) is 0 Å². The Labute approximate surface area is 124 Å². The van der Waals surface area contributed by atoms with E-state index < -0.39 is 0 Å². The molecule has 1 nitrogen and oxygen atoms in total. The van der Waals surface area contributed by atoms with E-state index in [-0.39, 0.29) is 0 Å². The zero-order valence-corrected chi connectivity index (χ0v) is 13.2. The summed E-state index contributed by atoms with van der Waals surface area (Å²) in [5, 5.41) is 0. The van der Waals surface area contributed by atoms with Crippen molar-refractivity contribution in [1.82, 2.24) is 0 Å². The summed E-state index contributed by atoms with van der Waals surface area (Å²) in [5.41, 5.74) is 1.43. The first kappa shape index (κ1) is 15.4. The second kappa shape index (κ2) is 8.34. The Morgan fingerprint density at radius 1 is 1.15 bits per heavy atom. The van der Waals surface area contributed by atoms with Crippen LogP contribution >= 0.6 is 0 Å². The van der Waals surface area contributed by atoms with Crippen molar-refractivity contribution in [1.29, 1.82) is 0 Å². The molecule has 0 aliphatic heterocycles. The highest BCUT2D eigenvalue weighted by Crippen LogP contribution is 2.31. The first-order valence-electron chi connectivity index (χ1n) is 8.49. The molecule has 0 spiro atoms. The van der Waals surface area contributed by atoms with Crippen LogP contribution in [0.1, 0.15) is 64.4 Å². The molecule has 0 radical (unpaired) electrons. The van der Waals surface area contributed by atoms with Crippen molar-refractivity contribution in [3.05, 3.63) is 29.8 Å². The molecule has 1 aliphatic rings. The minimum absolute atomic E-state index is 0.823. The van der Waals surface area contributed by atoms with Gasteiger partial charge in [-0.05, 0) is 48.8 Å². The van der Waals surface area contributed by atoms with Gasteiger partial charge in [-0.25, -0.2) is 0 Å². The average molecular weight is 274 g/mol. The maximum atomic E-state index is 5.70. The van der Waals surface area contributed by atoms with E-state index in [2.05, 4.69) is 38.1 Å². The van der Waals surface area contributed by atoms with Gasteiger partial charge in [-0.2, -0.15) is 0 Å². The lowest BCUT2D eigenvalue weighted by Crippen LogP contribution is -2.12. The van der Waals surface area contributed by atoms with Crippen LogP contribution in [0.25, 0.3) is 0 Å². The number of ether oxygens (including phenoxy) is 1. The Morgan fingerprint density at radius 2 is 1.95 bits per heavy atom. The lowest BCUT2D eigenvalue weighted by atomic mass is 9.80. The molecule has 1 aromatic carbocycles. The van der Waals surface area contributed by atoms with Crippen molar-refractivity contribution in [3.8, 4) is 5.75 Å². The predicted octanol–water partition coefficient (Wildman–Crippen LogP) is 5.62. The Hall–Kier alpha value is -0.980. The Morgan fingerprint density at radius 3 is 2.70 bits per heavy atom. The first-order valence-corrected chi connectivity index (χ1v) is 8.49. The van der Waals surface area contributed by atoms with Crippen LogP contribution in [0.2, 0.25) is 0 Å². The summed E-state index contributed by atoms with van der Waals surface area (Å²) >= 11 is 0. The average Bonchev–Trinajstić information content (AvgIpc) is 2.48. The lowest BCUT2D eigenvalue weighted by Gasteiger charge is -2.26. The second-order valence-electron chi connectivity index (χ2n) is 6.51. The Balaban J connectivity index is 1.70. The molecule has 2 rings (SSSR count). The molecule has 0 aromatic heterocycles. The number of benzene rings is 1. The smallest absolute Gasteiger partial charge is 0.119 e. The topological polar surface area (TPSA) is 9.23 Å². The highest BCUT2D eigenvalue weighted by Gasteiger charge is 2.17. The van der Waals surface area contributed by atoms with Gasteiger partial charge in [-0.15, -0.1) is 0 Å². The Kier molecular flexibility index (Phi) is 6.42. The highest BCUT2D eigenvalue weighted by molar-refractivity contribution is 5.28. The summed E-state index contributed by atoms with van der Waals surface area (Å²) < 4.78 is 5.70. The van der Waals surface area contributed by atoms with Crippen molar-refractivity contribution in [2.45, 2.75) is 65.2 Å². The van der Waals surface area contributed by atoms with Gasteiger partial charge >= 0.3 is 0 Å². The van der Waals surface area contributed by atoms with Crippen molar-refractivity contribution in [2.24, 2.45) is 11.8 Å². The van der Waals surface area contributed by atoms with Crippen LogP contribution in [0.5, 0.6) is 5.75 Å². The minimum Gasteiger partial charge on any atom is -0.494 e. The third-order valence-corrected chi connectivity index (χ3v) is 4.58. The predicted molar refractivity (Wildman–Crippen MR) is 86.3 cm³/mol. The first-order chi connectivity index (χ1) is 9.78. The summed E-state index contributed by atoms with van der Waals surface area (Å²) in [7, 11) is 0. The van der Waals surface area contributed by atoms with E-state index in [4.69, 9.17) is 4.74 Å². The van der Waals surface area contributed by atoms with Crippen molar-refractivity contribution in [2.75, 3.05) is 6.61 Å². The summed E-state index contributed by atoms with van der Waals surface area (Å²) in [6.07, 6.45) is 10.8. The molecule has 1 fully saturated rings. The Bertz CT molecular complexity index is 377. The van der Waals surface area contributed by atoms with Gasteiger partial charge in [0, 0.05) is 0 Å². The van der Waals surface area contributed by atoms with Crippen LogP contribution in [-0.4, -0.2) is 6.61 Å². The largest absolute Gasteiger partial charge is 0.494 e. The van der Waals surface area contributed by atoms with Crippen molar-refractivity contribution < 1.29 is 4.74 Å². The third-order valence-electron chi connectivity index (χ3n) is 4.58. The maximum absolute atomic E-state index is 5.70. The lowest BCUT2D eigenvalue weighted by molar-refractivity contribution is 0.273. The van der Waals surface area contributed by atoms with Gasteiger partial charge < -0.3 is 4.74 Å². The quantitative estimate of drug-likeness (QED) is 0.626. The van der Waals surface area contributed by atoms with E-state index in [1.165, 1.54) is 50.5 Å². The molecule has 1 heteroatoms. The molecule has 20 heavy (non-hydrogen) atoms. The molecular formula is C19H30O. The normalized spacial score (nSPS) is 22.7. The van der Waals surface area contributed by atoms with Gasteiger partial charge in [-0.3, -0.25) is 0 Å². The molecular weight excluding hydrogens is 244 g/mol. The molecule has 0 unspecified atom stereocenters. The summed E-state index contributed by atoms with van der Waals surface area (Å²) in [6.45, 7) is 5.37. The van der Waals surface area contributed by atoms with E-state index in [1.54, 1.807) is 0 Å². The zero-order chi connectivity index (χ0) is 14.2. The number of hydrogen-bond donors (Lipinski definition) is 0. The second-order valence-corrected chi connectivity index (χ2v) is 6.51. The van der Waals surface area contributed by atoms with Crippen molar-refractivity contribution >= 4 is 0 Å². The summed E-state index contributed by atoms with van der Waals surface area (Å²) in [6, 6.07) is 8.66. The van der Waals surface area contributed by atoms with E-state index in [1.807, 2.05) is 0 Å². The van der Waals surface area contributed by atoms with Crippen LogP contribution < -0.4 is 4.74 Å². The van der Waals surface area contributed by atoms with E-state index >= 15 is 0 Å². The molecule has 0 atom stereocenters. The molecule has 0 heterocycles. The molecule has 1 aliphatic carbocycles. The molecule has 112 valence electrons. The number of rotatable bonds is 7. The number of aryl methyl sites for hydroxylation is 1. The molecule has 0 amide bonds. The van der Waals surface area contributed by atoms with Crippen LogP contribution in [-0.2, 0) is 6.42 Å². The van der Waals surface area contributed by atoms with Gasteiger partial charge in [0.2, 0.25) is 0 Å². The molecule has 0 saturated heterocycles. The molecule has 0 bridgehead atoms. The fraction of sp³-hybridized carbons (Fsp3) is 0.684. The number of hydrogen-bond acceptors (Lipinski definition) is 1. The zero-order valence-electron chi connectivity index (χ0n) is 13.2. The third kappa shape index (κ3) is 5.19. The molecule has 1 aromatic rings. The minimum atomic E-state index is 0.823. The monoisotopic (exact) mass is 274 g/mol. The van der Waals surface area contributed by atoms with Gasteiger partial charge in [0.05, 0.1) is 6.61 Å². The fourth-order valence-corrected chi connectivity index (χ4v) is 3.22. The van der Waals surface area contributed by atoms with E-state index in [0.29, 0.717) is 0 Å². The van der Waals surface area contributed by atoms with Gasteiger partial charge in [0.15, 0.2) is 0 Å². The maximum Gasteiger partial charge on any atom is 0.119 e. The summed E-state index contributed by atoms with van der Waals surface area (Å²) in [5.74, 6) is 3.00. The molecule has 1 saturated carbocycles. The summed E-state index contributed by atoms with van der Waals surface area (Å²) in [4.78, 5) is 0. The van der Waals surface area contributed by atoms with Crippen LogP contribution in [0.4, 0.5) is 0 Å². The van der Waals surface area contributed by atoms with Crippen LogP contribution in [0.15, 0.2) is 24.3 Å². The van der Waals surface area contributed by atoms with E-state index in [0.717, 1.165) is 30.6 Å². The van der Waals surface area contributed by atoms with E-state index in [9.17, 15) is 0 Å². The van der Waals surface area contributed by atoms with Crippen LogP contribution in [0.3, 0.4) is 0 Å². The van der Waals surface area contributed by atoms with Crippen LogP contribution in [0, 0.1) is 11.8 Å². The highest BCUT2D eigenvalue weighted by atomic mass is 16.5. The van der Waals surface area contributed by atoms with Gasteiger partial charge in [0.1, 0.15) is 5.75 Å². The molecule has 0 N–H and O–H groups in total. The SMILES string of the molecule is CCCOc1cccc(CCCC2CCC(C)CC2)c1.